The smallest absolute Gasteiger partial charge is 0.191 e. The number of guanidine groups is 1. The summed E-state index contributed by atoms with van der Waals surface area (Å²) in [5, 5.41) is 10.9. The molecule has 1 aliphatic heterocycles. The third-order valence-electron chi connectivity index (χ3n) is 5.05. The number of aliphatic imine (C=N–C) groups is 1. The number of likely N-dealkylation sites (tertiary alicyclic amines) is 1. The number of rotatable bonds is 7. The number of aromatic nitrogens is 1. The molecule has 3 rings (SSSR count). The molecule has 7 heteroatoms. The summed E-state index contributed by atoms with van der Waals surface area (Å²) < 4.78 is 5.39. The van der Waals surface area contributed by atoms with Crippen LogP contribution in [-0.4, -0.2) is 42.7 Å². The lowest BCUT2D eigenvalue weighted by Crippen LogP contribution is -2.42. The molecule has 2 heterocycles. The maximum atomic E-state index is 5.39. The van der Waals surface area contributed by atoms with Gasteiger partial charge in [0.15, 0.2) is 11.7 Å². The number of benzene rings is 1. The summed E-state index contributed by atoms with van der Waals surface area (Å²) in [6.07, 6.45) is 2.56. The highest BCUT2D eigenvalue weighted by atomic mass is 127. The molecule has 6 nitrogen and oxygen atoms in total. The fourth-order valence-corrected chi connectivity index (χ4v) is 3.46. The van der Waals surface area contributed by atoms with Gasteiger partial charge in [0.25, 0.3) is 0 Å². The second-order valence-electron chi connectivity index (χ2n) is 7.35. The molecule has 1 fully saturated rings. The molecular weight excluding hydrogens is 465 g/mol. The van der Waals surface area contributed by atoms with E-state index in [4.69, 9.17) is 4.52 Å². The molecule has 0 aliphatic carbocycles. The highest BCUT2D eigenvalue weighted by Crippen LogP contribution is 2.24. The molecule has 1 unspecified atom stereocenters. The Kier molecular flexibility index (Phi) is 9.24. The van der Waals surface area contributed by atoms with Gasteiger partial charge in [-0.05, 0) is 37.4 Å². The minimum Gasteiger partial charge on any atom is -0.359 e. The van der Waals surface area contributed by atoms with Crippen LogP contribution in [0, 0.1) is 0 Å². The minimum absolute atomic E-state index is 0. The zero-order chi connectivity index (χ0) is 19.1. The van der Waals surface area contributed by atoms with Crippen molar-refractivity contribution in [3.05, 3.63) is 53.4 Å². The van der Waals surface area contributed by atoms with Crippen LogP contribution < -0.4 is 10.6 Å². The topological polar surface area (TPSA) is 65.7 Å². The summed E-state index contributed by atoms with van der Waals surface area (Å²) in [6, 6.07) is 13.1. The van der Waals surface area contributed by atoms with Crippen molar-refractivity contribution < 1.29 is 4.52 Å². The van der Waals surface area contributed by atoms with Crippen LogP contribution in [-0.2, 0) is 6.54 Å². The summed E-state index contributed by atoms with van der Waals surface area (Å²) >= 11 is 0. The molecule has 1 atom stereocenters. The van der Waals surface area contributed by atoms with Gasteiger partial charge < -0.3 is 15.2 Å². The first kappa shape index (κ1) is 22.7. The van der Waals surface area contributed by atoms with Gasteiger partial charge in [0.1, 0.15) is 0 Å². The van der Waals surface area contributed by atoms with Crippen LogP contribution in [0.2, 0.25) is 0 Å². The van der Waals surface area contributed by atoms with Crippen molar-refractivity contribution in [2.75, 3.05) is 26.7 Å². The number of nitrogens with zero attached hydrogens (tertiary/aromatic N) is 3. The Bertz CT molecular complexity index is 725. The molecule has 1 aliphatic rings. The second-order valence-corrected chi connectivity index (χ2v) is 7.35. The molecule has 1 aromatic heterocycles. The van der Waals surface area contributed by atoms with E-state index in [0.717, 1.165) is 37.0 Å². The van der Waals surface area contributed by atoms with Crippen molar-refractivity contribution in [1.82, 2.24) is 20.7 Å². The molecule has 154 valence electrons. The summed E-state index contributed by atoms with van der Waals surface area (Å²) in [5.41, 5.74) is 2.33. The Morgan fingerprint density at radius 1 is 1.18 bits per heavy atom. The van der Waals surface area contributed by atoms with Crippen LogP contribution in [0.5, 0.6) is 0 Å². The molecule has 2 aromatic rings. The average Bonchev–Trinajstić information content (AvgIpc) is 3.37. The van der Waals surface area contributed by atoms with E-state index in [1.54, 1.807) is 7.05 Å². The van der Waals surface area contributed by atoms with Crippen LogP contribution in [0.1, 0.15) is 55.7 Å². The summed E-state index contributed by atoms with van der Waals surface area (Å²) in [5.74, 6) is 1.96. The molecule has 0 spiro atoms. The molecule has 0 saturated carbocycles. The highest BCUT2D eigenvalue weighted by molar-refractivity contribution is 14.0. The van der Waals surface area contributed by atoms with Gasteiger partial charge in [0, 0.05) is 19.7 Å². The molecule has 2 N–H and O–H groups in total. The Morgan fingerprint density at radius 2 is 1.89 bits per heavy atom. The van der Waals surface area contributed by atoms with E-state index in [-0.39, 0.29) is 24.0 Å². The molecule has 1 saturated heterocycles. The zero-order valence-corrected chi connectivity index (χ0v) is 19.3. The maximum Gasteiger partial charge on any atom is 0.191 e. The number of halogens is 1. The van der Waals surface area contributed by atoms with E-state index in [0.29, 0.717) is 18.5 Å². The van der Waals surface area contributed by atoms with Gasteiger partial charge in [-0.3, -0.25) is 9.89 Å². The van der Waals surface area contributed by atoms with Crippen molar-refractivity contribution in [2.45, 2.75) is 45.2 Å². The van der Waals surface area contributed by atoms with Crippen molar-refractivity contribution in [3.8, 4) is 0 Å². The first-order chi connectivity index (χ1) is 13.2. The molecule has 0 radical (unpaired) electrons. The average molecular weight is 497 g/mol. The van der Waals surface area contributed by atoms with E-state index in [2.05, 4.69) is 69.9 Å². The number of hydrogen-bond donors (Lipinski definition) is 2. The molecule has 0 bridgehead atoms. The number of nitrogens with one attached hydrogen (secondary N) is 2. The first-order valence-electron chi connectivity index (χ1n) is 9.86. The maximum absolute atomic E-state index is 5.39. The van der Waals surface area contributed by atoms with Crippen LogP contribution in [0.4, 0.5) is 0 Å². The highest BCUT2D eigenvalue weighted by Gasteiger charge is 2.23. The van der Waals surface area contributed by atoms with Gasteiger partial charge in [0.2, 0.25) is 0 Å². The van der Waals surface area contributed by atoms with Gasteiger partial charge >= 0.3 is 0 Å². The van der Waals surface area contributed by atoms with E-state index < -0.39 is 0 Å². The zero-order valence-electron chi connectivity index (χ0n) is 17.0. The molecule has 0 amide bonds. The predicted octanol–water partition coefficient (Wildman–Crippen LogP) is 3.92. The normalized spacial score (nSPS) is 16.1. The number of hydrogen-bond acceptors (Lipinski definition) is 4. The van der Waals surface area contributed by atoms with Crippen molar-refractivity contribution in [1.29, 1.82) is 0 Å². The standard InChI is InChI=1S/C21H31N5O.HI/c1-16(2)19-13-18(27-25-19)14-23-21(22-3)24-15-20(26-11-7-8-12-26)17-9-5-4-6-10-17;/h4-6,9-10,13,16,20H,7-8,11-12,14-15H2,1-3H3,(H2,22,23,24);1H. The Morgan fingerprint density at radius 3 is 2.50 bits per heavy atom. The minimum atomic E-state index is 0. The van der Waals surface area contributed by atoms with Gasteiger partial charge in [-0.1, -0.05) is 49.3 Å². The van der Waals surface area contributed by atoms with E-state index >= 15 is 0 Å². The largest absolute Gasteiger partial charge is 0.359 e. The Balaban J connectivity index is 0.00000280. The molecule has 28 heavy (non-hydrogen) atoms. The van der Waals surface area contributed by atoms with Crippen molar-refractivity contribution in [2.24, 2.45) is 4.99 Å². The fraction of sp³-hybridized carbons (Fsp3) is 0.524. The molecular formula is C21H32IN5O. The Labute approximate surface area is 185 Å². The summed E-state index contributed by atoms with van der Waals surface area (Å²) in [6.45, 7) is 7.92. The first-order valence-corrected chi connectivity index (χ1v) is 9.86. The van der Waals surface area contributed by atoms with Crippen LogP contribution in [0.3, 0.4) is 0 Å². The second kappa shape index (κ2) is 11.4. The van der Waals surface area contributed by atoms with Gasteiger partial charge in [0.05, 0.1) is 18.3 Å². The van der Waals surface area contributed by atoms with Gasteiger partial charge in [-0.25, -0.2) is 0 Å². The SMILES string of the molecule is CN=C(NCc1cc(C(C)C)no1)NCC(c1ccccc1)N1CCCC1.I. The van der Waals surface area contributed by atoms with Crippen LogP contribution in [0.15, 0.2) is 45.9 Å². The van der Waals surface area contributed by atoms with Gasteiger partial charge in [-0.2, -0.15) is 0 Å². The fourth-order valence-electron chi connectivity index (χ4n) is 3.46. The monoisotopic (exact) mass is 497 g/mol. The van der Waals surface area contributed by atoms with E-state index in [1.165, 1.54) is 18.4 Å². The lowest BCUT2D eigenvalue weighted by molar-refractivity contribution is 0.245. The van der Waals surface area contributed by atoms with E-state index in [1.807, 2.05) is 6.07 Å². The summed E-state index contributed by atoms with van der Waals surface area (Å²) in [7, 11) is 1.79. The van der Waals surface area contributed by atoms with Crippen molar-refractivity contribution in [3.63, 3.8) is 0 Å². The van der Waals surface area contributed by atoms with Crippen molar-refractivity contribution >= 4 is 29.9 Å². The lowest BCUT2D eigenvalue weighted by atomic mass is 10.1. The quantitative estimate of drug-likeness (QED) is 0.345. The van der Waals surface area contributed by atoms with E-state index in [9.17, 15) is 0 Å². The molecule has 1 aromatic carbocycles. The third kappa shape index (κ3) is 6.20. The summed E-state index contributed by atoms with van der Waals surface area (Å²) in [4.78, 5) is 6.91. The van der Waals surface area contributed by atoms with Crippen LogP contribution in [0.25, 0.3) is 0 Å². The Hall–Kier alpha value is -1.61. The predicted molar refractivity (Wildman–Crippen MR) is 124 cm³/mol. The third-order valence-corrected chi connectivity index (χ3v) is 5.05. The lowest BCUT2D eigenvalue weighted by Gasteiger charge is -2.28. The van der Waals surface area contributed by atoms with Gasteiger partial charge in [-0.15, -0.1) is 24.0 Å². The van der Waals surface area contributed by atoms with Crippen LogP contribution >= 0.6 is 24.0 Å².